The van der Waals surface area contributed by atoms with Crippen LogP contribution in [0.1, 0.15) is 23.5 Å². The van der Waals surface area contributed by atoms with Crippen molar-refractivity contribution in [1.82, 2.24) is 0 Å². The molecule has 0 saturated heterocycles. The van der Waals surface area contributed by atoms with Gasteiger partial charge in [-0.05, 0) is 24.1 Å². The van der Waals surface area contributed by atoms with Gasteiger partial charge in [-0.1, -0.05) is 12.1 Å². The molecule has 0 aromatic heterocycles. The topological polar surface area (TPSA) is 23.8 Å². The van der Waals surface area contributed by atoms with Gasteiger partial charge in [0.25, 0.3) is 0 Å². The molecule has 0 radical (unpaired) electrons. The van der Waals surface area contributed by atoms with Crippen LogP contribution in [0.4, 0.5) is 0 Å². The highest BCUT2D eigenvalue weighted by Gasteiger charge is 2.36. The summed E-state index contributed by atoms with van der Waals surface area (Å²) in [6.07, 6.45) is 1.08. The fourth-order valence-electron chi connectivity index (χ4n) is 1.31. The first kappa shape index (κ1) is 7.64. The van der Waals surface area contributed by atoms with Crippen LogP contribution in [0.5, 0.6) is 0 Å². The summed E-state index contributed by atoms with van der Waals surface area (Å²) in [4.78, 5) is 0. The predicted octanol–water partition coefficient (Wildman–Crippen LogP) is 2.65. The molecule has 12 heavy (non-hydrogen) atoms. The van der Waals surface area contributed by atoms with Gasteiger partial charge in [-0.15, -0.1) is 11.6 Å². The van der Waals surface area contributed by atoms with E-state index in [0.717, 1.165) is 6.42 Å². The SMILES string of the molecule is N#Cc1ccc([C@@H]2C[C@H]2Cl)cc1. The molecule has 0 amide bonds. The first-order valence-corrected chi connectivity index (χ1v) is 4.39. The minimum Gasteiger partial charge on any atom is -0.192 e. The van der Waals surface area contributed by atoms with Gasteiger partial charge >= 0.3 is 0 Å². The average molecular weight is 178 g/mol. The molecular weight excluding hydrogens is 170 g/mol. The summed E-state index contributed by atoms with van der Waals surface area (Å²) in [5.41, 5.74) is 1.97. The number of rotatable bonds is 1. The molecule has 1 aliphatic carbocycles. The van der Waals surface area contributed by atoms with Crippen molar-refractivity contribution in [3.05, 3.63) is 35.4 Å². The van der Waals surface area contributed by atoms with E-state index in [4.69, 9.17) is 16.9 Å². The number of nitrogens with zero attached hydrogens (tertiary/aromatic N) is 1. The smallest absolute Gasteiger partial charge is 0.0991 e. The largest absolute Gasteiger partial charge is 0.192 e. The second kappa shape index (κ2) is 2.80. The van der Waals surface area contributed by atoms with Crippen LogP contribution in [0.25, 0.3) is 0 Å². The number of alkyl halides is 1. The normalized spacial score (nSPS) is 26.3. The predicted molar refractivity (Wildman–Crippen MR) is 48.2 cm³/mol. The van der Waals surface area contributed by atoms with Gasteiger partial charge in [0.1, 0.15) is 0 Å². The lowest BCUT2D eigenvalue weighted by molar-refractivity contribution is 1.13. The Bertz CT molecular complexity index is 323. The number of nitriles is 1. The summed E-state index contributed by atoms with van der Waals surface area (Å²) >= 11 is 5.90. The third-order valence-electron chi connectivity index (χ3n) is 2.18. The lowest BCUT2D eigenvalue weighted by Crippen LogP contribution is -1.82. The Labute approximate surface area is 76.6 Å². The van der Waals surface area contributed by atoms with E-state index in [1.54, 1.807) is 0 Å². The maximum atomic E-state index is 8.56. The number of halogens is 1. The highest BCUT2D eigenvalue weighted by Crippen LogP contribution is 2.44. The van der Waals surface area contributed by atoms with Crippen LogP contribution >= 0.6 is 11.6 Å². The molecule has 0 unspecified atom stereocenters. The molecule has 1 fully saturated rings. The second-order valence-electron chi connectivity index (χ2n) is 3.09. The van der Waals surface area contributed by atoms with Crippen LogP contribution in [0.3, 0.4) is 0 Å². The Kier molecular flexibility index (Phi) is 1.78. The van der Waals surface area contributed by atoms with Crippen LogP contribution < -0.4 is 0 Å². The Balaban J connectivity index is 2.21. The van der Waals surface area contributed by atoms with Crippen molar-refractivity contribution in [3.8, 4) is 6.07 Å². The van der Waals surface area contributed by atoms with E-state index in [1.807, 2.05) is 24.3 Å². The molecule has 0 aliphatic heterocycles. The first-order valence-electron chi connectivity index (χ1n) is 3.95. The van der Waals surface area contributed by atoms with Gasteiger partial charge in [0, 0.05) is 11.3 Å². The lowest BCUT2D eigenvalue weighted by Gasteiger charge is -1.96. The minimum atomic E-state index is 0.318. The Morgan fingerprint density at radius 1 is 1.33 bits per heavy atom. The van der Waals surface area contributed by atoms with Gasteiger partial charge in [0.05, 0.1) is 11.6 Å². The zero-order valence-corrected chi connectivity index (χ0v) is 7.25. The van der Waals surface area contributed by atoms with E-state index in [9.17, 15) is 0 Å². The average Bonchev–Trinajstić information content (AvgIpc) is 2.83. The summed E-state index contributed by atoms with van der Waals surface area (Å²) in [5, 5.41) is 8.88. The van der Waals surface area contributed by atoms with Crippen LogP contribution in [-0.4, -0.2) is 5.38 Å². The first-order chi connectivity index (χ1) is 5.81. The number of hydrogen-bond donors (Lipinski definition) is 0. The molecule has 2 rings (SSSR count). The van der Waals surface area contributed by atoms with Crippen molar-refractivity contribution >= 4 is 11.6 Å². The Hall–Kier alpha value is -1.00. The highest BCUT2D eigenvalue weighted by molar-refractivity contribution is 6.23. The third-order valence-corrected chi connectivity index (χ3v) is 2.66. The zero-order chi connectivity index (χ0) is 8.55. The quantitative estimate of drug-likeness (QED) is 0.605. The van der Waals surface area contributed by atoms with Gasteiger partial charge in [-0.3, -0.25) is 0 Å². The Morgan fingerprint density at radius 3 is 2.33 bits per heavy atom. The summed E-state index contributed by atoms with van der Waals surface area (Å²) < 4.78 is 0. The molecule has 0 heterocycles. The van der Waals surface area contributed by atoms with Crippen molar-refractivity contribution in [3.63, 3.8) is 0 Å². The molecule has 1 nitrogen and oxygen atoms in total. The van der Waals surface area contributed by atoms with E-state index in [2.05, 4.69) is 6.07 Å². The van der Waals surface area contributed by atoms with Crippen LogP contribution in [0.2, 0.25) is 0 Å². The van der Waals surface area contributed by atoms with Crippen molar-refractivity contribution in [2.24, 2.45) is 0 Å². The van der Waals surface area contributed by atoms with Gasteiger partial charge < -0.3 is 0 Å². The van der Waals surface area contributed by atoms with E-state index in [1.165, 1.54) is 5.56 Å². The second-order valence-corrected chi connectivity index (χ2v) is 3.65. The molecule has 0 N–H and O–H groups in total. The molecule has 0 spiro atoms. The van der Waals surface area contributed by atoms with Gasteiger partial charge in [-0.25, -0.2) is 0 Å². The molecule has 1 aromatic rings. The zero-order valence-electron chi connectivity index (χ0n) is 6.50. The van der Waals surface area contributed by atoms with Crippen molar-refractivity contribution in [1.29, 1.82) is 5.26 Å². The summed E-state index contributed by atoms with van der Waals surface area (Å²) in [6.45, 7) is 0. The number of hydrogen-bond acceptors (Lipinski definition) is 1. The van der Waals surface area contributed by atoms with Gasteiger partial charge in [-0.2, -0.15) is 5.26 Å². The fraction of sp³-hybridized carbons (Fsp3) is 0.300. The summed E-state index contributed by atoms with van der Waals surface area (Å²) in [7, 11) is 0. The van der Waals surface area contributed by atoms with E-state index in [-0.39, 0.29) is 0 Å². The molecule has 2 atom stereocenters. The van der Waals surface area contributed by atoms with Gasteiger partial charge in [0.15, 0.2) is 0 Å². The third kappa shape index (κ3) is 1.31. The molecule has 2 heteroatoms. The molecule has 1 saturated carbocycles. The molecule has 1 aliphatic rings. The van der Waals surface area contributed by atoms with Gasteiger partial charge in [0.2, 0.25) is 0 Å². The molecule has 1 aromatic carbocycles. The maximum Gasteiger partial charge on any atom is 0.0991 e. The van der Waals surface area contributed by atoms with E-state index >= 15 is 0 Å². The molecule has 0 bridgehead atoms. The Morgan fingerprint density at radius 2 is 1.92 bits per heavy atom. The highest BCUT2D eigenvalue weighted by atomic mass is 35.5. The molecule has 60 valence electrons. The minimum absolute atomic E-state index is 0.318. The van der Waals surface area contributed by atoms with E-state index < -0.39 is 0 Å². The van der Waals surface area contributed by atoms with Crippen molar-refractivity contribution < 1.29 is 0 Å². The van der Waals surface area contributed by atoms with E-state index in [0.29, 0.717) is 16.9 Å². The van der Waals surface area contributed by atoms with Crippen LogP contribution in [0, 0.1) is 11.3 Å². The fourth-order valence-corrected chi connectivity index (χ4v) is 1.65. The lowest BCUT2D eigenvalue weighted by atomic mass is 10.1. The van der Waals surface area contributed by atoms with Crippen molar-refractivity contribution in [2.75, 3.05) is 0 Å². The summed E-state index contributed by atoms with van der Waals surface area (Å²) in [6, 6.07) is 9.76. The van der Waals surface area contributed by atoms with Crippen molar-refractivity contribution in [2.45, 2.75) is 17.7 Å². The van der Waals surface area contributed by atoms with Crippen LogP contribution in [-0.2, 0) is 0 Å². The monoisotopic (exact) mass is 177 g/mol. The summed E-state index contributed by atoms with van der Waals surface area (Å²) in [5.74, 6) is 0.527. The molecular formula is C10H8ClN. The standard InChI is InChI=1S/C10H8ClN/c11-10-5-9(10)8-3-1-7(6-12)2-4-8/h1-4,9-10H,5H2/t9-,10+/m0/s1. The van der Waals surface area contributed by atoms with Crippen LogP contribution in [0.15, 0.2) is 24.3 Å². The maximum absolute atomic E-state index is 8.56. The number of benzene rings is 1.